The summed E-state index contributed by atoms with van der Waals surface area (Å²) in [4.78, 5) is 0. The van der Waals surface area contributed by atoms with E-state index in [-0.39, 0.29) is 13.2 Å². The van der Waals surface area contributed by atoms with Gasteiger partial charge in [0.25, 0.3) is 0 Å². The molecule has 7 heteroatoms. The van der Waals surface area contributed by atoms with Crippen molar-refractivity contribution in [3.05, 3.63) is 23.8 Å². The molecule has 1 aromatic rings. The highest BCUT2D eigenvalue weighted by Gasteiger charge is 2.36. The standard InChI is InChI=1S/C13H22NO5P/c1-5-18-20(15,19-6-2)13(14)10-8-7-9-11(16-3)12(10)17-4/h7-9,13H,5-6,14H2,1-4H3/t13-/m1/s1. The Labute approximate surface area is 119 Å². The third kappa shape index (κ3) is 3.52. The second kappa shape index (κ2) is 7.64. The molecule has 0 amide bonds. The molecule has 0 bridgehead atoms. The lowest BCUT2D eigenvalue weighted by molar-refractivity contribution is 0.211. The van der Waals surface area contributed by atoms with Crippen molar-refractivity contribution >= 4 is 7.60 Å². The van der Waals surface area contributed by atoms with Crippen molar-refractivity contribution in [3.63, 3.8) is 0 Å². The van der Waals surface area contributed by atoms with Crippen LogP contribution in [0.2, 0.25) is 0 Å². The summed E-state index contributed by atoms with van der Waals surface area (Å²) in [6.07, 6.45) is 0. The SMILES string of the molecule is CCOP(=O)(OCC)[C@@H](N)c1cccc(OC)c1OC. The number of ether oxygens (including phenoxy) is 2. The predicted octanol–water partition coefficient (Wildman–Crippen LogP) is 2.93. The van der Waals surface area contributed by atoms with Gasteiger partial charge >= 0.3 is 7.60 Å². The molecule has 0 saturated heterocycles. The van der Waals surface area contributed by atoms with Crippen molar-refractivity contribution in [3.8, 4) is 11.5 Å². The van der Waals surface area contributed by atoms with E-state index in [1.807, 2.05) is 0 Å². The van der Waals surface area contributed by atoms with Crippen molar-refractivity contribution in [2.24, 2.45) is 5.73 Å². The van der Waals surface area contributed by atoms with Gasteiger partial charge in [0.15, 0.2) is 11.5 Å². The predicted molar refractivity (Wildman–Crippen MR) is 77.3 cm³/mol. The van der Waals surface area contributed by atoms with Gasteiger partial charge in [-0.05, 0) is 19.9 Å². The van der Waals surface area contributed by atoms with Crippen LogP contribution >= 0.6 is 7.60 Å². The molecule has 0 aliphatic heterocycles. The van der Waals surface area contributed by atoms with E-state index in [1.54, 1.807) is 32.0 Å². The minimum absolute atomic E-state index is 0.247. The molecule has 0 saturated carbocycles. The van der Waals surface area contributed by atoms with Gasteiger partial charge < -0.3 is 24.3 Å². The molecule has 0 fully saturated rings. The van der Waals surface area contributed by atoms with E-state index >= 15 is 0 Å². The topological polar surface area (TPSA) is 80.0 Å². The summed E-state index contributed by atoms with van der Waals surface area (Å²) in [5.41, 5.74) is 6.62. The van der Waals surface area contributed by atoms with Crippen LogP contribution in [0.25, 0.3) is 0 Å². The zero-order valence-corrected chi connectivity index (χ0v) is 13.2. The second-order valence-corrected chi connectivity index (χ2v) is 6.06. The molecule has 0 heterocycles. The summed E-state index contributed by atoms with van der Waals surface area (Å²) in [7, 11) is -0.435. The summed E-state index contributed by atoms with van der Waals surface area (Å²) < 4.78 is 33.8. The first-order chi connectivity index (χ1) is 9.53. The molecule has 20 heavy (non-hydrogen) atoms. The molecular weight excluding hydrogens is 281 g/mol. The summed E-state index contributed by atoms with van der Waals surface area (Å²) in [5, 5.41) is 0. The molecule has 1 rings (SSSR count). The average molecular weight is 303 g/mol. The molecule has 1 aromatic carbocycles. The van der Waals surface area contributed by atoms with E-state index in [0.29, 0.717) is 17.1 Å². The number of benzene rings is 1. The average Bonchev–Trinajstić information content (AvgIpc) is 2.45. The highest BCUT2D eigenvalue weighted by molar-refractivity contribution is 7.54. The molecule has 1 atom stereocenters. The quantitative estimate of drug-likeness (QED) is 0.744. The number of hydrogen-bond donors (Lipinski definition) is 1. The zero-order valence-electron chi connectivity index (χ0n) is 12.3. The van der Waals surface area contributed by atoms with Crippen LogP contribution < -0.4 is 15.2 Å². The third-order valence-electron chi connectivity index (χ3n) is 2.71. The van der Waals surface area contributed by atoms with Gasteiger partial charge in [-0.1, -0.05) is 12.1 Å². The summed E-state index contributed by atoms with van der Waals surface area (Å²) in [6.45, 7) is 3.97. The van der Waals surface area contributed by atoms with Crippen molar-refractivity contribution in [1.82, 2.24) is 0 Å². The van der Waals surface area contributed by atoms with Gasteiger partial charge in [0.05, 0.1) is 27.4 Å². The monoisotopic (exact) mass is 303 g/mol. The fourth-order valence-corrected chi connectivity index (χ4v) is 3.53. The smallest absolute Gasteiger partial charge is 0.351 e. The van der Waals surface area contributed by atoms with E-state index in [1.165, 1.54) is 14.2 Å². The number of nitrogens with two attached hydrogens (primary N) is 1. The Morgan fingerprint density at radius 1 is 1.15 bits per heavy atom. The van der Waals surface area contributed by atoms with Gasteiger partial charge in [-0.15, -0.1) is 0 Å². The van der Waals surface area contributed by atoms with Crippen LogP contribution in [0.4, 0.5) is 0 Å². The first-order valence-corrected chi connectivity index (χ1v) is 8.00. The van der Waals surface area contributed by atoms with Crippen LogP contribution in [0.5, 0.6) is 11.5 Å². The Bertz CT molecular complexity index is 470. The largest absolute Gasteiger partial charge is 0.493 e. The first kappa shape index (κ1) is 17.0. The third-order valence-corrected chi connectivity index (χ3v) is 4.91. The Morgan fingerprint density at radius 3 is 2.20 bits per heavy atom. The molecule has 0 aromatic heterocycles. The van der Waals surface area contributed by atoms with E-state index < -0.39 is 13.4 Å². The van der Waals surface area contributed by atoms with Gasteiger partial charge in [-0.2, -0.15) is 0 Å². The highest BCUT2D eigenvalue weighted by Crippen LogP contribution is 2.60. The summed E-state index contributed by atoms with van der Waals surface area (Å²) >= 11 is 0. The Kier molecular flexibility index (Phi) is 6.49. The molecule has 6 nitrogen and oxygen atoms in total. The van der Waals surface area contributed by atoms with Crippen molar-refractivity contribution in [2.75, 3.05) is 27.4 Å². The Balaban J connectivity index is 3.24. The lowest BCUT2D eigenvalue weighted by atomic mass is 10.2. The minimum atomic E-state index is -3.46. The normalized spacial score (nSPS) is 13.1. The molecule has 0 unspecified atom stereocenters. The molecule has 0 aliphatic rings. The van der Waals surface area contributed by atoms with Crippen LogP contribution in [-0.4, -0.2) is 27.4 Å². The lowest BCUT2D eigenvalue weighted by Crippen LogP contribution is -2.16. The van der Waals surface area contributed by atoms with Crippen LogP contribution in [-0.2, 0) is 13.6 Å². The maximum absolute atomic E-state index is 12.7. The van der Waals surface area contributed by atoms with Crippen molar-refractivity contribution < 1.29 is 23.1 Å². The highest BCUT2D eigenvalue weighted by atomic mass is 31.2. The van der Waals surface area contributed by atoms with Crippen molar-refractivity contribution in [2.45, 2.75) is 19.6 Å². The van der Waals surface area contributed by atoms with Gasteiger partial charge in [-0.25, -0.2) is 0 Å². The molecular formula is C13H22NO5P. The first-order valence-electron chi connectivity index (χ1n) is 6.39. The molecule has 114 valence electrons. The molecule has 0 aliphatic carbocycles. The Morgan fingerprint density at radius 2 is 1.75 bits per heavy atom. The molecule has 2 N–H and O–H groups in total. The Hall–Kier alpha value is -1.07. The van der Waals surface area contributed by atoms with E-state index in [4.69, 9.17) is 24.3 Å². The van der Waals surface area contributed by atoms with Gasteiger partial charge in [0.1, 0.15) is 5.78 Å². The van der Waals surface area contributed by atoms with Crippen LogP contribution in [0.1, 0.15) is 25.2 Å². The van der Waals surface area contributed by atoms with Gasteiger partial charge in [0, 0.05) is 5.56 Å². The van der Waals surface area contributed by atoms with Crippen LogP contribution in [0.15, 0.2) is 18.2 Å². The van der Waals surface area contributed by atoms with Crippen molar-refractivity contribution in [1.29, 1.82) is 0 Å². The fraction of sp³-hybridized carbons (Fsp3) is 0.538. The maximum Gasteiger partial charge on any atom is 0.351 e. The maximum atomic E-state index is 12.7. The fourth-order valence-electron chi connectivity index (χ4n) is 1.87. The number of para-hydroxylation sites is 1. The van der Waals surface area contributed by atoms with E-state index in [2.05, 4.69) is 0 Å². The zero-order chi connectivity index (χ0) is 15.2. The van der Waals surface area contributed by atoms with E-state index in [9.17, 15) is 4.57 Å². The van der Waals surface area contributed by atoms with Crippen LogP contribution in [0, 0.1) is 0 Å². The lowest BCUT2D eigenvalue weighted by Gasteiger charge is -2.25. The second-order valence-electron chi connectivity index (χ2n) is 3.90. The minimum Gasteiger partial charge on any atom is -0.493 e. The van der Waals surface area contributed by atoms with Crippen LogP contribution in [0.3, 0.4) is 0 Å². The molecule has 0 radical (unpaired) electrons. The number of methoxy groups -OCH3 is 2. The number of hydrogen-bond acceptors (Lipinski definition) is 6. The van der Waals surface area contributed by atoms with Gasteiger partial charge in [-0.3, -0.25) is 4.57 Å². The van der Waals surface area contributed by atoms with Gasteiger partial charge in [0.2, 0.25) is 0 Å². The molecule has 0 spiro atoms. The number of rotatable bonds is 8. The van der Waals surface area contributed by atoms with E-state index in [0.717, 1.165) is 0 Å². The summed E-state index contributed by atoms with van der Waals surface area (Å²) in [5.74, 6) is 0.00887. The summed E-state index contributed by atoms with van der Waals surface area (Å²) in [6, 6.07) is 5.21.